The van der Waals surface area contributed by atoms with Crippen LogP contribution in [0.15, 0.2) is 85.2 Å². The monoisotopic (exact) mass is 516 g/mol. The van der Waals surface area contributed by atoms with Crippen LogP contribution in [-0.4, -0.2) is 27.8 Å². The second kappa shape index (κ2) is 10.5. The van der Waals surface area contributed by atoms with E-state index < -0.39 is 5.91 Å². The number of rotatable bonds is 5. The Bertz CT molecular complexity index is 1410. The van der Waals surface area contributed by atoms with Crippen molar-refractivity contribution in [1.29, 1.82) is 0 Å². The number of para-hydroxylation sites is 1. The first-order chi connectivity index (χ1) is 17.5. The topological polar surface area (TPSA) is 84.0 Å². The van der Waals surface area contributed by atoms with E-state index in [4.69, 9.17) is 23.2 Å². The van der Waals surface area contributed by atoms with Crippen molar-refractivity contribution in [3.63, 3.8) is 0 Å². The van der Waals surface area contributed by atoms with Gasteiger partial charge in [0.25, 0.3) is 11.8 Å². The summed E-state index contributed by atoms with van der Waals surface area (Å²) in [7, 11) is 0. The van der Waals surface area contributed by atoms with Crippen molar-refractivity contribution in [3.8, 4) is 0 Å². The van der Waals surface area contributed by atoms with Crippen molar-refractivity contribution in [2.24, 2.45) is 0 Å². The van der Waals surface area contributed by atoms with Crippen molar-refractivity contribution in [1.82, 2.24) is 15.3 Å². The van der Waals surface area contributed by atoms with Crippen LogP contribution in [0.1, 0.15) is 50.0 Å². The SMILES string of the molecule is O=C(Nc1c(Cl)cccc1Cl)c1cccc(C(=O)N[C@H]2CCc3ccccc3[C@H]2c2cccnc2)n1. The number of anilines is 1. The minimum atomic E-state index is -0.514. The van der Waals surface area contributed by atoms with Crippen molar-refractivity contribution < 1.29 is 9.59 Å². The van der Waals surface area contributed by atoms with Crippen molar-refractivity contribution in [2.75, 3.05) is 5.32 Å². The number of hydrogen-bond acceptors (Lipinski definition) is 4. The lowest BCUT2D eigenvalue weighted by Crippen LogP contribution is -2.42. The smallest absolute Gasteiger partial charge is 0.274 e. The van der Waals surface area contributed by atoms with E-state index in [2.05, 4.69) is 32.7 Å². The summed E-state index contributed by atoms with van der Waals surface area (Å²) in [6, 6.07) is 21.8. The molecule has 0 fully saturated rings. The summed E-state index contributed by atoms with van der Waals surface area (Å²) in [5, 5.41) is 6.45. The standard InChI is InChI=1S/C28H22Cl2N4O2/c29-20-9-3-10-21(30)26(20)34-28(36)24-12-4-11-23(32-24)27(35)33-22-14-13-17-6-1-2-8-19(17)25(22)18-7-5-15-31-16-18/h1-12,15-16,22,25H,13-14H2,(H,33,35)(H,34,36)/t22-,25+/m0/s1. The second-order valence-electron chi connectivity index (χ2n) is 8.54. The highest BCUT2D eigenvalue weighted by Gasteiger charge is 2.32. The molecule has 8 heteroatoms. The van der Waals surface area contributed by atoms with Gasteiger partial charge in [-0.2, -0.15) is 0 Å². The van der Waals surface area contributed by atoms with E-state index in [1.807, 2.05) is 30.5 Å². The summed E-state index contributed by atoms with van der Waals surface area (Å²) in [6.45, 7) is 0. The van der Waals surface area contributed by atoms with Crippen molar-refractivity contribution in [3.05, 3.63) is 123 Å². The molecule has 0 bridgehead atoms. The number of pyridine rings is 2. The molecule has 4 aromatic rings. The molecule has 2 N–H and O–H groups in total. The Morgan fingerprint density at radius 2 is 1.56 bits per heavy atom. The van der Waals surface area contributed by atoms with E-state index in [0.717, 1.165) is 18.4 Å². The average Bonchev–Trinajstić information content (AvgIpc) is 2.91. The largest absolute Gasteiger partial charge is 0.347 e. The molecule has 0 spiro atoms. The normalized spacial score (nSPS) is 16.6. The predicted molar refractivity (Wildman–Crippen MR) is 141 cm³/mol. The molecule has 1 aliphatic carbocycles. The van der Waals surface area contributed by atoms with Gasteiger partial charge in [0.05, 0.1) is 15.7 Å². The van der Waals surface area contributed by atoms with Gasteiger partial charge in [0.2, 0.25) is 0 Å². The van der Waals surface area contributed by atoms with E-state index in [9.17, 15) is 9.59 Å². The lowest BCUT2D eigenvalue weighted by Gasteiger charge is -2.34. The van der Waals surface area contributed by atoms with Crippen LogP contribution in [0, 0.1) is 0 Å². The number of amides is 2. The van der Waals surface area contributed by atoms with Gasteiger partial charge in [-0.3, -0.25) is 14.6 Å². The van der Waals surface area contributed by atoms with Gasteiger partial charge >= 0.3 is 0 Å². The molecule has 2 aromatic heterocycles. The molecule has 0 unspecified atom stereocenters. The molecule has 0 saturated heterocycles. The first-order valence-corrected chi connectivity index (χ1v) is 12.3. The van der Waals surface area contributed by atoms with Gasteiger partial charge in [-0.05, 0) is 59.9 Å². The van der Waals surface area contributed by atoms with Crippen LogP contribution in [0.5, 0.6) is 0 Å². The molecular weight excluding hydrogens is 495 g/mol. The van der Waals surface area contributed by atoms with Gasteiger partial charge < -0.3 is 10.6 Å². The van der Waals surface area contributed by atoms with E-state index in [0.29, 0.717) is 15.7 Å². The molecule has 2 heterocycles. The van der Waals surface area contributed by atoms with Crippen LogP contribution >= 0.6 is 23.2 Å². The molecule has 0 radical (unpaired) electrons. The number of carbonyl (C=O) groups is 2. The van der Waals surface area contributed by atoms with Crippen LogP contribution in [0.4, 0.5) is 5.69 Å². The summed E-state index contributed by atoms with van der Waals surface area (Å²) in [5.41, 5.74) is 4.01. The first kappa shape index (κ1) is 24.0. The maximum atomic E-state index is 13.3. The number of hydrogen-bond donors (Lipinski definition) is 2. The van der Waals surface area contributed by atoms with Gasteiger partial charge in [-0.25, -0.2) is 4.98 Å². The maximum absolute atomic E-state index is 13.3. The van der Waals surface area contributed by atoms with Crippen LogP contribution < -0.4 is 10.6 Å². The van der Waals surface area contributed by atoms with Crippen LogP contribution in [0.25, 0.3) is 0 Å². The summed E-state index contributed by atoms with van der Waals surface area (Å²) >= 11 is 12.3. The third kappa shape index (κ3) is 4.96. The lowest BCUT2D eigenvalue weighted by atomic mass is 9.76. The molecular formula is C28H22Cl2N4O2. The molecule has 0 saturated carbocycles. The molecule has 6 nitrogen and oxygen atoms in total. The van der Waals surface area contributed by atoms with E-state index in [-0.39, 0.29) is 29.3 Å². The lowest BCUT2D eigenvalue weighted by molar-refractivity contribution is 0.0924. The van der Waals surface area contributed by atoms with Crippen LogP contribution in [-0.2, 0) is 6.42 Å². The first-order valence-electron chi connectivity index (χ1n) is 11.5. The number of aryl methyl sites for hydroxylation is 1. The minimum absolute atomic E-state index is 0.0403. The third-order valence-electron chi connectivity index (χ3n) is 6.29. The van der Waals surface area contributed by atoms with Crippen LogP contribution in [0.3, 0.4) is 0 Å². The Labute approximate surface area is 218 Å². The fraction of sp³-hybridized carbons (Fsp3) is 0.143. The van der Waals surface area contributed by atoms with Crippen molar-refractivity contribution in [2.45, 2.75) is 24.8 Å². The minimum Gasteiger partial charge on any atom is -0.347 e. The van der Waals surface area contributed by atoms with Gasteiger partial charge in [-0.1, -0.05) is 65.7 Å². The van der Waals surface area contributed by atoms with Gasteiger partial charge in [0, 0.05) is 24.4 Å². The zero-order valence-electron chi connectivity index (χ0n) is 19.1. The van der Waals surface area contributed by atoms with Crippen LogP contribution in [0.2, 0.25) is 10.0 Å². The number of nitrogens with one attached hydrogen (secondary N) is 2. The van der Waals surface area contributed by atoms with Gasteiger partial charge in [-0.15, -0.1) is 0 Å². The van der Waals surface area contributed by atoms with E-state index >= 15 is 0 Å². The molecule has 36 heavy (non-hydrogen) atoms. The Hall–Kier alpha value is -3.74. The molecule has 2 amide bonds. The summed E-state index contributed by atoms with van der Waals surface area (Å²) in [5.74, 6) is -0.903. The molecule has 1 aliphatic rings. The quantitative estimate of drug-likeness (QED) is 0.345. The zero-order chi connectivity index (χ0) is 25.1. The Balaban J connectivity index is 1.38. The Morgan fingerprint density at radius 1 is 0.833 bits per heavy atom. The van der Waals surface area contributed by atoms with E-state index in [1.165, 1.54) is 17.2 Å². The molecule has 5 rings (SSSR count). The summed E-state index contributed by atoms with van der Waals surface area (Å²) in [6.07, 6.45) is 5.21. The highest BCUT2D eigenvalue weighted by molar-refractivity contribution is 6.40. The predicted octanol–water partition coefficient (Wildman–Crippen LogP) is 5.91. The number of nitrogens with zero attached hydrogens (tertiary/aromatic N) is 2. The highest BCUT2D eigenvalue weighted by Crippen LogP contribution is 2.36. The second-order valence-corrected chi connectivity index (χ2v) is 9.35. The molecule has 0 aliphatic heterocycles. The average molecular weight is 517 g/mol. The van der Waals surface area contributed by atoms with Crippen molar-refractivity contribution >= 4 is 40.7 Å². The maximum Gasteiger partial charge on any atom is 0.274 e. The summed E-state index contributed by atoms with van der Waals surface area (Å²) < 4.78 is 0. The Kier molecular flexibility index (Phi) is 6.98. The fourth-order valence-corrected chi connectivity index (χ4v) is 5.10. The van der Waals surface area contributed by atoms with Gasteiger partial charge in [0.15, 0.2) is 0 Å². The number of carbonyl (C=O) groups excluding carboxylic acids is 2. The highest BCUT2D eigenvalue weighted by atomic mass is 35.5. The number of benzene rings is 2. The molecule has 2 atom stereocenters. The summed E-state index contributed by atoms with van der Waals surface area (Å²) in [4.78, 5) is 34.7. The number of fused-ring (bicyclic) bond motifs is 1. The number of aromatic nitrogens is 2. The third-order valence-corrected chi connectivity index (χ3v) is 6.92. The zero-order valence-corrected chi connectivity index (χ0v) is 20.6. The van der Waals surface area contributed by atoms with Gasteiger partial charge in [0.1, 0.15) is 11.4 Å². The Morgan fingerprint density at radius 3 is 2.31 bits per heavy atom. The molecule has 180 valence electrons. The number of halogens is 2. The fourth-order valence-electron chi connectivity index (χ4n) is 4.61. The molecule has 2 aromatic carbocycles. The van der Waals surface area contributed by atoms with E-state index in [1.54, 1.807) is 36.5 Å².